The third kappa shape index (κ3) is 4.64. The Morgan fingerprint density at radius 1 is 1.21 bits per heavy atom. The van der Waals surface area contributed by atoms with Crippen molar-refractivity contribution in [2.24, 2.45) is 4.99 Å². The van der Waals surface area contributed by atoms with Crippen molar-refractivity contribution in [1.82, 2.24) is 24.7 Å². The van der Waals surface area contributed by atoms with E-state index in [2.05, 4.69) is 15.3 Å². The molecule has 28 heavy (non-hydrogen) atoms. The summed E-state index contributed by atoms with van der Waals surface area (Å²) in [6.07, 6.45) is 1.16. The monoisotopic (exact) mass is 394 g/mol. The largest absolute Gasteiger partial charge is 0.403 e. The minimum atomic E-state index is -4.20. The third-order valence-corrected chi connectivity index (χ3v) is 5.06. The first-order valence-corrected chi connectivity index (χ1v) is 9.22. The predicted octanol–water partition coefficient (Wildman–Crippen LogP) is 2.52. The van der Waals surface area contributed by atoms with Gasteiger partial charge in [-0.05, 0) is 18.6 Å². The number of guanidine groups is 1. The van der Waals surface area contributed by atoms with Gasteiger partial charge in [-0.25, -0.2) is 4.98 Å². The van der Waals surface area contributed by atoms with E-state index in [0.29, 0.717) is 38.7 Å². The van der Waals surface area contributed by atoms with Crippen LogP contribution in [0.4, 0.5) is 13.2 Å². The molecule has 0 bridgehead atoms. The van der Waals surface area contributed by atoms with E-state index in [0.717, 1.165) is 11.3 Å². The molecule has 2 heterocycles. The molecule has 0 saturated carbocycles. The van der Waals surface area contributed by atoms with Crippen molar-refractivity contribution in [1.29, 1.82) is 0 Å². The second-order valence-electron chi connectivity index (χ2n) is 6.74. The summed E-state index contributed by atoms with van der Waals surface area (Å²) >= 11 is 0. The molecular weight excluding hydrogens is 369 g/mol. The number of imidazole rings is 1. The Morgan fingerprint density at radius 2 is 1.93 bits per heavy atom. The van der Waals surface area contributed by atoms with Crippen molar-refractivity contribution in [2.45, 2.75) is 25.7 Å². The van der Waals surface area contributed by atoms with E-state index in [4.69, 9.17) is 0 Å². The second-order valence-corrected chi connectivity index (χ2v) is 6.74. The highest BCUT2D eigenvalue weighted by Gasteiger charge is 2.41. The van der Waals surface area contributed by atoms with Gasteiger partial charge < -0.3 is 14.8 Å². The highest BCUT2D eigenvalue weighted by Crippen LogP contribution is 2.25. The molecule has 2 aromatic rings. The molecule has 1 aromatic carbocycles. The van der Waals surface area contributed by atoms with Crippen LogP contribution in [0.5, 0.6) is 0 Å². The minimum absolute atomic E-state index is 0.354. The van der Waals surface area contributed by atoms with Gasteiger partial charge in [0.1, 0.15) is 6.04 Å². The summed E-state index contributed by atoms with van der Waals surface area (Å²) in [6, 6.07) is 6.55. The van der Waals surface area contributed by atoms with Gasteiger partial charge in [-0.1, -0.05) is 18.2 Å². The number of alkyl halides is 3. The van der Waals surface area contributed by atoms with Crippen LogP contribution < -0.4 is 5.32 Å². The van der Waals surface area contributed by atoms with Gasteiger partial charge in [0.15, 0.2) is 5.96 Å². The molecule has 0 spiro atoms. The number of para-hydroxylation sites is 1. The van der Waals surface area contributed by atoms with E-state index >= 15 is 0 Å². The normalized spacial score (nSPS) is 17.6. The van der Waals surface area contributed by atoms with Crippen LogP contribution in [-0.4, -0.2) is 70.8 Å². The van der Waals surface area contributed by atoms with Crippen molar-refractivity contribution in [3.05, 3.63) is 48.5 Å². The molecule has 6 nitrogen and oxygen atoms in total. The number of aliphatic imine (C=N–C) groups is 1. The van der Waals surface area contributed by atoms with Crippen LogP contribution in [0.25, 0.3) is 5.69 Å². The maximum atomic E-state index is 12.9. The Bertz CT molecular complexity index is 779. The van der Waals surface area contributed by atoms with Crippen LogP contribution in [0.1, 0.15) is 12.5 Å². The molecule has 1 aliphatic rings. The van der Waals surface area contributed by atoms with Crippen LogP contribution in [0.15, 0.2) is 48.0 Å². The number of aromatic nitrogens is 2. The number of nitrogens with one attached hydrogen (secondary N) is 1. The fraction of sp³-hybridized carbons (Fsp3) is 0.474. The van der Waals surface area contributed by atoms with Crippen molar-refractivity contribution in [3.8, 4) is 5.69 Å². The van der Waals surface area contributed by atoms with Gasteiger partial charge >= 0.3 is 6.18 Å². The average molecular weight is 394 g/mol. The lowest BCUT2D eigenvalue weighted by atomic mass is 10.1. The van der Waals surface area contributed by atoms with Crippen molar-refractivity contribution >= 4 is 5.96 Å². The van der Waals surface area contributed by atoms with Crippen LogP contribution in [0, 0.1) is 0 Å². The number of hydrogen-bond acceptors (Lipinski definition) is 3. The highest BCUT2D eigenvalue weighted by molar-refractivity contribution is 5.80. The zero-order valence-corrected chi connectivity index (χ0v) is 16.0. The summed E-state index contributed by atoms with van der Waals surface area (Å²) in [6.45, 7) is 3.49. The number of halogens is 3. The summed E-state index contributed by atoms with van der Waals surface area (Å²) in [5, 5.41) is 3.33. The molecule has 1 saturated heterocycles. The van der Waals surface area contributed by atoms with E-state index in [1.807, 2.05) is 39.9 Å². The van der Waals surface area contributed by atoms with E-state index in [9.17, 15) is 13.2 Å². The highest BCUT2D eigenvalue weighted by atomic mass is 19.4. The van der Waals surface area contributed by atoms with E-state index in [-0.39, 0.29) is 0 Å². The Hall–Kier alpha value is -2.55. The van der Waals surface area contributed by atoms with E-state index in [1.54, 1.807) is 19.6 Å². The van der Waals surface area contributed by atoms with Crippen LogP contribution in [0.2, 0.25) is 0 Å². The molecule has 3 rings (SSSR count). The molecule has 152 valence electrons. The van der Waals surface area contributed by atoms with Gasteiger partial charge in [0.25, 0.3) is 0 Å². The number of piperazine rings is 1. The molecule has 1 unspecified atom stereocenters. The van der Waals surface area contributed by atoms with E-state index < -0.39 is 12.2 Å². The van der Waals surface area contributed by atoms with Crippen molar-refractivity contribution < 1.29 is 13.2 Å². The SMILES string of the molecule is CN=C(NCc1ccccc1-n1ccnc1)N1CCN(C(C)C(F)(F)F)CC1. The molecule has 1 aromatic heterocycles. The first kappa shape index (κ1) is 20.2. The standard InChI is InChI=1S/C19H25F3N6/c1-15(19(20,21)22)26-9-11-27(12-10-26)18(23-2)25-13-16-5-3-4-6-17(16)28-8-7-24-14-28/h3-8,14-15H,9-13H2,1-2H3,(H,23,25). The third-order valence-electron chi connectivity index (χ3n) is 5.06. The lowest BCUT2D eigenvalue weighted by Crippen LogP contribution is -2.56. The topological polar surface area (TPSA) is 48.7 Å². The first-order valence-electron chi connectivity index (χ1n) is 9.22. The smallest absolute Gasteiger partial charge is 0.352 e. The number of benzene rings is 1. The minimum Gasteiger partial charge on any atom is -0.352 e. The van der Waals surface area contributed by atoms with Crippen LogP contribution >= 0.6 is 0 Å². The fourth-order valence-corrected chi connectivity index (χ4v) is 3.35. The first-order chi connectivity index (χ1) is 13.4. The zero-order chi connectivity index (χ0) is 20.1. The van der Waals surface area contributed by atoms with Gasteiger partial charge in [0, 0.05) is 52.2 Å². The lowest BCUT2D eigenvalue weighted by molar-refractivity contribution is -0.181. The Labute approximate surface area is 162 Å². The summed E-state index contributed by atoms with van der Waals surface area (Å²) < 4.78 is 40.7. The van der Waals surface area contributed by atoms with Gasteiger partial charge in [-0.2, -0.15) is 13.2 Å². The van der Waals surface area contributed by atoms with Gasteiger partial charge in [-0.15, -0.1) is 0 Å². The Balaban J connectivity index is 1.60. The van der Waals surface area contributed by atoms with Gasteiger partial charge in [0.05, 0.1) is 12.0 Å². The maximum absolute atomic E-state index is 12.9. The molecule has 0 aliphatic carbocycles. The fourth-order valence-electron chi connectivity index (χ4n) is 3.35. The molecule has 1 atom stereocenters. The van der Waals surface area contributed by atoms with Gasteiger partial charge in [-0.3, -0.25) is 9.89 Å². The summed E-state index contributed by atoms with van der Waals surface area (Å²) in [7, 11) is 1.69. The maximum Gasteiger partial charge on any atom is 0.403 e. The Kier molecular flexibility index (Phi) is 6.23. The quantitative estimate of drug-likeness (QED) is 0.640. The molecule has 9 heteroatoms. The van der Waals surface area contributed by atoms with E-state index in [1.165, 1.54) is 11.8 Å². The number of nitrogens with zero attached hydrogens (tertiary/aromatic N) is 5. The second kappa shape index (κ2) is 8.64. The molecule has 0 radical (unpaired) electrons. The summed E-state index contributed by atoms with van der Waals surface area (Å²) in [5.74, 6) is 0.694. The molecule has 1 fully saturated rings. The summed E-state index contributed by atoms with van der Waals surface area (Å²) in [4.78, 5) is 11.9. The molecule has 0 amide bonds. The molecule has 1 aliphatic heterocycles. The van der Waals surface area contributed by atoms with Crippen molar-refractivity contribution in [2.75, 3.05) is 33.2 Å². The molecular formula is C19H25F3N6. The summed E-state index contributed by atoms with van der Waals surface area (Å²) in [5.41, 5.74) is 2.10. The zero-order valence-electron chi connectivity index (χ0n) is 16.0. The van der Waals surface area contributed by atoms with Crippen LogP contribution in [-0.2, 0) is 6.54 Å². The lowest BCUT2D eigenvalue weighted by Gasteiger charge is -2.39. The average Bonchev–Trinajstić information content (AvgIpc) is 3.22. The number of rotatable bonds is 4. The van der Waals surface area contributed by atoms with Crippen LogP contribution in [0.3, 0.4) is 0 Å². The molecule has 1 N–H and O–H groups in total. The predicted molar refractivity (Wildman–Crippen MR) is 102 cm³/mol. The van der Waals surface area contributed by atoms with Crippen molar-refractivity contribution in [3.63, 3.8) is 0 Å². The number of hydrogen-bond donors (Lipinski definition) is 1. The van der Waals surface area contributed by atoms with Gasteiger partial charge in [0.2, 0.25) is 0 Å². The Morgan fingerprint density at radius 3 is 2.54 bits per heavy atom.